The van der Waals surface area contributed by atoms with E-state index in [0.717, 1.165) is 44.6 Å². The smallest absolute Gasteiger partial charge is 0.229 e. The molecule has 0 spiro atoms. The first-order valence-electron chi connectivity index (χ1n) is 8.21. The molecule has 0 bridgehead atoms. The third-order valence-corrected chi connectivity index (χ3v) is 5.64. The van der Waals surface area contributed by atoms with Gasteiger partial charge in [0.2, 0.25) is 5.91 Å². The fourth-order valence-corrected chi connectivity index (χ4v) is 3.65. The van der Waals surface area contributed by atoms with Crippen molar-refractivity contribution in [3.05, 3.63) is 35.1 Å². The molecule has 0 N–H and O–H groups in total. The number of halogens is 1. The van der Waals surface area contributed by atoms with E-state index in [1.54, 1.807) is 13.0 Å². The first kappa shape index (κ1) is 14.2. The monoisotopic (exact) mass is 303 g/mol. The summed E-state index contributed by atoms with van der Waals surface area (Å²) in [5.41, 5.74) is 1.55. The maximum atomic E-state index is 13.8. The fourth-order valence-electron chi connectivity index (χ4n) is 3.65. The number of carbonyl (C=O) groups is 1. The van der Waals surface area contributed by atoms with Crippen molar-refractivity contribution in [2.45, 2.75) is 32.7 Å². The Labute approximate surface area is 130 Å². The molecule has 22 heavy (non-hydrogen) atoms. The van der Waals surface area contributed by atoms with E-state index in [0.29, 0.717) is 23.9 Å². The first-order valence-corrected chi connectivity index (χ1v) is 8.21. The Morgan fingerprint density at radius 1 is 1.45 bits per heavy atom. The summed E-state index contributed by atoms with van der Waals surface area (Å²) in [6.07, 6.45) is 3.14. The van der Waals surface area contributed by atoms with Crippen molar-refractivity contribution < 1.29 is 13.9 Å². The lowest BCUT2D eigenvalue weighted by Gasteiger charge is -2.27. The Morgan fingerprint density at radius 2 is 2.23 bits per heavy atom. The molecule has 0 radical (unpaired) electrons. The Bertz CT molecular complexity index is 603. The largest absolute Gasteiger partial charge is 0.381 e. The van der Waals surface area contributed by atoms with E-state index in [4.69, 9.17) is 4.74 Å². The molecule has 1 amide bonds. The minimum atomic E-state index is -0.192. The van der Waals surface area contributed by atoms with Crippen molar-refractivity contribution >= 4 is 5.91 Å². The van der Waals surface area contributed by atoms with E-state index < -0.39 is 0 Å². The van der Waals surface area contributed by atoms with E-state index in [-0.39, 0.29) is 17.1 Å². The number of carbonyl (C=O) groups excluding carboxylic acids is 1. The summed E-state index contributed by atoms with van der Waals surface area (Å²) in [5, 5.41) is 0. The zero-order chi connectivity index (χ0) is 15.3. The van der Waals surface area contributed by atoms with Crippen molar-refractivity contribution in [3.8, 4) is 0 Å². The highest BCUT2D eigenvalue weighted by Crippen LogP contribution is 2.76. The van der Waals surface area contributed by atoms with Crippen LogP contribution in [-0.2, 0) is 16.1 Å². The predicted octanol–water partition coefficient (Wildman–Crippen LogP) is 2.91. The third kappa shape index (κ3) is 2.34. The van der Waals surface area contributed by atoms with Crippen LogP contribution in [0.1, 0.15) is 30.4 Å². The molecule has 1 aromatic rings. The van der Waals surface area contributed by atoms with Crippen molar-refractivity contribution in [3.63, 3.8) is 0 Å². The van der Waals surface area contributed by atoms with E-state index in [1.165, 1.54) is 6.07 Å². The van der Waals surface area contributed by atoms with Crippen LogP contribution in [0.25, 0.3) is 0 Å². The van der Waals surface area contributed by atoms with E-state index in [1.807, 2.05) is 11.0 Å². The van der Waals surface area contributed by atoms with Gasteiger partial charge >= 0.3 is 0 Å². The summed E-state index contributed by atoms with van der Waals surface area (Å²) in [6.45, 7) is 4.58. The molecule has 4 rings (SSSR count). The van der Waals surface area contributed by atoms with Crippen LogP contribution in [-0.4, -0.2) is 30.6 Å². The number of rotatable bonds is 5. The SMILES string of the molecule is Cc1c(F)cccc1CN(CC1CCOC1)C(=O)C12CC1C2. The normalized spacial score (nSPS) is 31.7. The number of fused-ring (bicyclic) bond motifs is 1. The molecule has 1 unspecified atom stereocenters. The number of hydrogen-bond acceptors (Lipinski definition) is 2. The Balaban J connectivity index is 1.53. The highest BCUT2D eigenvalue weighted by molar-refractivity contribution is 5.90. The van der Waals surface area contributed by atoms with Gasteiger partial charge in [-0.15, -0.1) is 0 Å². The average molecular weight is 303 g/mol. The maximum absolute atomic E-state index is 13.8. The molecule has 118 valence electrons. The molecule has 2 aliphatic carbocycles. The van der Waals surface area contributed by atoms with E-state index in [9.17, 15) is 9.18 Å². The van der Waals surface area contributed by atoms with Gasteiger partial charge in [0, 0.05) is 25.6 Å². The summed E-state index contributed by atoms with van der Waals surface area (Å²) in [4.78, 5) is 14.8. The second-order valence-electron chi connectivity index (χ2n) is 7.20. The number of nitrogens with zero attached hydrogens (tertiary/aromatic N) is 1. The second kappa shape index (κ2) is 5.05. The number of amides is 1. The Kier molecular flexibility index (Phi) is 3.26. The standard InChI is InChI=1S/C18H22FNO2/c1-12-14(3-2-4-16(12)19)10-20(9-13-5-6-22-11-13)17(21)18-7-15(18)8-18/h2-4,13,15H,5-11H2,1H3. The zero-order valence-electron chi connectivity index (χ0n) is 13.0. The van der Waals surface area contributed by atoms with Gasteiger partial charge < -0.3 is 9.64 Å². The van der Waals surface area contributed by atoms with Gasteiger partial charge in [-0.3, -0.25) is 4.79 Å². The van der Waals surface area contributed by atoms with Gasteiger partial charge in [0.25, 0.3) is 0 Å². The molecule has 1 saturated heterocycles. The maximum Gasteiger partial charge on any atom is 0.229 e. The quantitative estimate of drug-likeness (QED) is 0.837. The van der Waals surface area contributed by atoms with E-state index >= 15 is 0 Å². The molecule has 1 heterocycles. The van der Waals surface area contributed by atoms with Crippen molar-refractivity contribution in [1.82, 2.24) is 4.90 Å². The van der Waals surface area contributed by atoms with Crippen LogP contribution in [0.4, 0.5) is 4.39 Å². The second-order valence-corrected chi connectivity index (χ2v) is 7.20. The third-order valence-electron chi connectivity index (χ3n) is 5.64. The zero-order valence-corrected chi connectivity index (χ0v) is 13.0. The van der Waals surface area contributed by atoms with Crippen LogP contribution < -0.4 is 0 Å². The van der Waals surface area contributed by atoms with Crippen LogP contribution >= 0.6 is 0 Å². The molecular weight excluding hydrogens is 281 g/mol. The van der Waals surface area contributed by atoms with Gasteiger partial charge in [-0.1, -0.05) is 12.1 Å². The molecule has 2 saturated carbocycles. The van der Waals surface area contributed by atoms with Gasteiger partial charge in [-0.25, -0.2) is 4.39 Å². The van der Waals surface area contributed by atoms with Crippen molar-refractivity contribution in [1.29, 1.82) is 0 Å². The molecular formula is C18H22FNO2. The molecule has 0 aromatic heterocycles. The highest BCUT2D eigenvalue weighted by atomic mass is 19.1. The van der Waals surface area contributed by atoms with Gasteiger partial charge in [-0.05, 0) is 49.3 Å². The summed E-state index contributed by atoms with van der Waals surface area (Å²) in [5.74, 6) is 1.15. The molecule has 3 fully saturated rings. The molecule has 1 atom stereocenters. The van der Waals surface area contributed by atoms with Crippen LogP contribution in [0.2, 0.25) is 0 Å². The Morgan fingerprint density at radius 3 is 2.86 bits per heavy atom. The van der Waals surface area contributed by atoms with Crippen LogP contribution in [0.5, 0.6) is 0 Å². The van der Waals surface area contributed by atoms with Crippen molar-refractivity contribution in [2.24, 2.45) is 17.3 Å². The topological polar surface area (TPSA) is 29.5 Å². The van der Waals surface area contributed by atoms with Gasteiger partial charge in [-0.2, -0.15) is 0 Å². The summed E-state index contributed by atoms with van der Waals surface area (Å²) in [7, 11) is 0. The number of benzene rings is 1. The minimum Gasteiger partial charge on any atom is -0.381 e. The highest BCUT2D eigenvalue weighted by Gasteiger charge is 2.75. The van der Waals surface area contributed by atoms with Crippen LogP contribution in [0.15, 0.2) is 18.2 Å². The van der Waals surface area contributed by atoms with Gasteiger partial charge in [0.1, 0.15) is 5.82 Å². The number of ether oxygens (including phenoxy) is 1. The molecule has 1 aliphatic heterocycles. The van der Waals surface area contributed by atoms with Gasteiger partial charge in [0.15, 0.2) is 0 Å². The van der Waals surface area contributed by atoms with Gasteiger partial charge in [0.05, 0.1) is 12.0 Å². The number of hydrogen-bond donors (Lipinski definition) is 0. The lowest BCUT2D eigenvalue weighted by molar-refractivity contribution is -0.136. The molecule has 3 aliphatic rings. The van der Waals surface area contributed by atoms with Crippen LogP contribution in [0.3, 0.4) is 0 Å². The van der Waals surface area contributed by atoms with E-state index in [2.05, 4.69) is 0 Å². The molecule has 1 aromatic carbocycles. The first-order chi connectivity index (χ1) is 10.6. The lowest BCUT2D eigenvalue weighted by Crippen LogP contribution is -2.38. The molecule has 3 nitrogen and oxygen atoms in total. The summed E-state index contributed by atoms with van der Waals surface area (Å²) in [6, 6.07) is 5.14. The lowest BCUT2D eigenvalue weighted by atomic mass is 10.0. The summed E-state index contributed by atoms with van der Waals surface area (Å²) >= 11 is 0. The fraction of sp³-hybridized carbons (Fsp3) is 0.611. The van der Waals surface area contributed by atoms with Crippen LogP contribution in [0, 0.1) is 30.0 Å². The summed E-state index contributed by atoms with van der Waals surface area (Å²) < 4.78 is 19.2. The predicted molar refractivity (Wildman–Crippen MR) is 80.6 cm³/mol. The molecule has 4 heteroatoms. The Hall–Kier alpha value is -1.42. The minimum absolute atomic E-state index is 0.0271. The average Bonchev–Trinajstić information content (AvgIpc) is 3.30. The van der Waals surface area contributed by atoms with Crippen molar-refractivity contribution in [2.75, 3.05) is 19.8 Å².